The summed E-state index contributed by atoms with van der Waals surface area (Å²) >= 11 is 0. The van der Waals surface area contributed by atoms with Crippen molar-refractivity contribution in [3.8, 4) is 0 Å². The van der Waals surface area contributed by atoms with E-state index < -0.39 is 0 Å². The fraction of sp³-hybridized carbons (Fsp3) is 0.391. The molecule has 4 nitrogen and oxygen atoms in total. The predicted molar refractivity (Wildman–Crippen MR) is 108 cm³/mol. The monoisotopic (exact) mass is 382 g/mol. The fourth-order valence-corrected chi connectivity index (χ4v) is 3.61. The highest BCUT2D eigenvalue weighted by molar-refractivity contribution is 5.99. The lowest BCUT2D eigenvalue weighted by atomic mass is 10.1. The Hall–Kier alpha value is -2.69. The Morgan fingerprint density at radius 1 is 0.893 bits per heavy atom. The van der Waals surface area contributed by atoms with Crippen LogP contribution in [0.2, 0.25) is 0 Å². The van der Waals surface area contributed by atoms with E-state index in [1.165, 1.54) is 18.9 Å². The van der Waals surface area contributed by atoms with Gasteiger partial charge in [-0.15, -0.1) is 0 Å². The molecule has 0 saturated heterocycles. The first-order chi connectivity index (χ1) is 13.6. The van der Waals surface area contributed by atoms with Crippen LogP contribution in [0.1, 0.15) is 64.8 Å². The number of halogens is 1. The van der Waals surface area contributed by atoms with Gasteiger partial charge in [0.15, 0.2) is 0 Å². The average Bonchev–Trinajstić information content (AvgIpc) is 2.98. The van der Waals surface area contributed by atoms with E-state index in [9.17, 15) is 14.0 Å². The van der Waals surface area contributed by atoms with Gasteiger partial charge in [-0.25, -0.2) is 4.39 Å². The molecular formula is C23H27FN2O2. The molecule has 28 heavy (non-hydrogen) atoms. The van der Waals surface area contributed by atoms with Gasteiger partial charge in [-0.1, -0.05) is 49.9 Å². The molecule has 0 heterocycles. The smallest absolute Gasteiger partial charge is 0.251 e. The zero-order valence-corrected chi connectivity index (χ0v) is 16.0. The van der Waals surface area contributed by atoms with Crippen molar-refractivity contribution < 1.29 is 14.0 Å². The number of nitrogens with one attached hydrogen (secondary N) is 2. The molecular weight excluding hydrogens is 355 g/mol. The van der Waals surface area contributed by atoms with Gasteiger partial charge in [-0.3, -0.25) is 9.59 Å². The van der Waals surface area contributed by atoms with Crippen molar-refractivity contribution >= 4 is 11.8 Å². The van der Waals surface area contributed by atoms with Crippen molar-refractivity contribution in [2.24, 2.45) is 0 Å². The zero-order chi connectivity index (χ0) is 19.8. The Kier molecular flexibility index (Phi) is 7.18. The summed E-state index contributed by atoms with van der Waals surface area (Å²) in [6.45, 7) is 0.332. The number of rotatable bonds is 6. The largest absolute Gasteiger partial charge is 0.352 e. The highest BCUT2D eigenvalue weighted by Crippen LogP contribution is 2.18. The van der Waals surface area contributed by atoms with Gasteiger partial charge in [0.05, 0.1) is 0 Å². The number of benzene rings is 2. The summed E-state index contributed by atoms with van der Waals surface area (Å²) in [6, 6.07) is 13.5. The second-order valence-electron chi connectivity index (χ2n) is 7.34. The Labute approximate surface area is 165 Å². The molecule has 0 aromatic heterocycles. The van der Waals surface area contributed by atoms with Crippen LogP contribution >= 0.6 is 0 Å². The van der Waals surface area contributed by atoms with E-state index in [0.29, 0.717) is 29.7 Å². The van der Waals surface area contributed by atoms with E-state index in [1.54, 1.807) is 42.5 Å². The van der Waals surface area contributed by atoms with Gasteiger partial charge in [-0.2, -0.15) is 0 Å². The number of hydrogen-bond donors (Lipinski definition) is 2. The number of hydrogen-bond acceptors (Lipinski definition) is 2. The molecule has 148 valence electrons. The topological polar surface area (TPSA) is 58.2 Å². The third-order valence-corrected chi connectivity index (χ3v) is 5.22. The van der Waals surface area contributed by atoms with Gasteiger partial charge in [0.1, 0.15) is 5.82 Å². The summed E-state index contributed by atoms with van der Waals surface area (Å²) in [5, 5.41) is 5.89. The number of carbonyl (C=O) groups is 2. The van der Waals surface area contributed by atoms with Gasteiger partial charge in [0, 0.05) is 23.7 Å². The maximum Gasteiger partial charge on any atom is 0.251 e. The van der Waals surface area contributed by atoms with E-state index in [4.69, 9.17) is 0 Å². The lowest BCUT2D eigenvalue weighted by molar-refractivity contribution is 0.0933. The van der Waals surface area contributed by atoms with Crippen LogP contribution < -0.4 is 10.6 Å². The summed E-state index contributed by atoms with van der Waals surface area (Å²) < 4.78 is 13.6. The molecule has 0 aliphatic heterocycles. The van der Waals surface area contributed by atoms with E-state index >= 15 is 0 Å². The molecule has 0 spiro atoms. The summed E-state index contributed by atoms with van der Waals surface area (Å²) in [5.74, 6) is -0.665. The molecule has 2 aromatic rings. The second kappa shape index (κ2) is 10.0. The van der Waals surface area contributed by atoms with Crippen molar-refractivity contribution in [1.29, 1.82) is 0 Å². The maximum absolute atomic E-state index is 13.6. The van der Waals surface area contributed by atoms with Gasteiger partial charge < -0.3 is 10.6 Å². The molecule has 1 aliphatic rings. The third-order valence-electron chi connectivity index (χ3n) is 5.22. The minimum atomic E-state index is -0.270. The van der Waals surface area contributed by atoms with E-state index in [1.807, 2.05) is 0 Å². The number of amides is 2. The minimum Gasteiger partial charge on any atom is -0.352 e. The minimum absolute atomic E-state index is 0.132. The van der Waals surface area contributed by atoms with Gasteiger partial charge in [0.25, 0.3) is 11.8 Å². The highest BCUT2D eigenvalue weighted by atomic mass is 19.1. The van der Waals surface area contributed by atoms with Gasteiger partial charge >= 0.3 is 0 Å². The summed E-state index contributed by atoms with van der Waals surface area (Å²) in [5.41, 5.74) is 1.49. The Balaban J connectivity index is 1.55. The molecule has 0 radical (unpaired) electrons. The maximum atomic E-state index is 13.6. The fourth-order valence-electron chi connectivity index (χ4n) is 3.61. The van der Waals surface area contributed by atoms with Gasteiger partial charge in [-0.05, 0) is 49.1 Å². The van der Waals surface area contributed by atoms with Gasteiger partial charge in [0.2, 0.25) is 0 Å². The molecule has 5 heteroatoms. The Bertz CT molecular complexity index is 814. The molecule has 2 N–H and O–H groups in total. The van der Waals surface area contributed by atoms with Crippen LogP contribution in [0.5, 0.6) is 0 Å². The summed E-state index contributed by atoms with van der Waals surface area (Å²) in [6.07, 6.45) is 7.21. The lowest BCUT2D eigenvalue weighted by Crippen LogP contribution is -2.34. The third kappa shape index (κ3) is 5.65. The van der Waals surface area contributed by atoms with Crippen molar-refractivity contribution in [1.82, 2.24) is 10.6 Å². The van der Waals surface area contributed by atoms with Crippen molar-refractivity contribution in [3.63, 3.8) is 0 Å². The molecule has 0 unspecified atom stereocenters. The van der Waals surface area contributed by atoms with Crippen LogP contribution in [0.15, 0.2) is 48.5 Å². The van der Waals surface area contributed by atoms with Crippen molar-refractivity contribution in [2.45, 2.75) is 51.0 Å². The van der Waals surface area contributed by atoms with Crippen LogP contribution in [-0.4, -0.2) is 24.4 Å². The van der Waals surface area contributed by atoms with Crippen LogP contribution in [-0.2, 0) is 6.42 Å². The second-order valence-corrected chi connectivity index (χ2v) is 7.34. The van der Waals surface area contributed by atoms with Crippen LogP contribution in [0.3, 0.4) is 0 Å². The van der Waals surface area contributed by atoms with Crippen molar-refractivity contribution in [3.05, 3.63) is 71.0 Å². The average molecular weight is 382 g/mol. The Morgan fingerprint density at radius 2 is 1.57 bits per heavy atom. The van der Waals surface area contributed by atoms with Crippen LogP contribution in [0, 0.1) is 5.82 Å². The SMILES string of the molecule is O=C(NCCc1ccccc1F)c1cccc(C(=O)NC2CCCCCC2)c1. The van der Waals surface area contributed by atoms with E-state index in [2.05, 4.69) is 10.6 Å². The first kappa shape index (κ1) is 20.1. The summed E-state index contributed by atoms with van der Waals surface area (Å²) in [7, 11) is 0. The quantitative estimate of drug-likeness (QED) is 0.734. The molecule has 3 rings (SSSR count). The summed E-state index contributed by atoms with van der Waals surface area (Å²) in [4.78, 5) is 24.9. The predicted octanol–water partition coefficient (Wildman–Crippen LogP) is 4.25. The highest BCUT2D eigenvalue weighted by Gasteiger charge is 2.16. The lowest BCUT2D eigenvalue weighted by Gasteiger charge is -2.16. The van der Waals surface area contributed by atoms with E-state index in [0.717, 1.165) is 25.7 Å². The normalized spacial score (nSPS) is 14.9. The van der Waals surface area contributed by atoms with Crippen LogP contribution in [0.4, 0.5) is 4.39 Å². The van der Waals surface area contributed by atoms with Crippen LogP contribution in [0.25, 0.3) is 0 Å². The van der Waals surface area contributed by atoms with E-state index in [-0.39, 0.29) is 23.7 Å². The first-order valence-corrected chi connectivity index (χ1v) is 10.1. The number of carbonyl (C=O) groups excluding carboxylic acids is 2. The molecule has 1 saturated carbocycles. The first-order valence-electron chi connectivity index (χ1n) is 10.1. The molecule has 2 amide bonds. The molecule has 0 atom stereocenters. The molecule has 2 aromatic carbocycles. The Morgan fingerprint density at radius 3 is 2.29 bits per heavy atom. The van der Waals surface area contributed by atoms with Crippen molar-refractivity contribution in [2.75, 3.05) is 6.54 Å². The zero-order valence-electron chi connectivity index (χ0n) is 16.0. The molecule has 1 aliphatic carbocycles. The molecule has 1 fully saturated rings. The molecule has 0 bridgehead atoms. The standard InChI is InChI=1S/C23H27FN2O2/c24-21-13-6-5-8-17(21)14-15-25-22(27)18-9-7-10-19(16-18)23(28)26-20-11-3-1-2-4-12-20/h5-10,13,16,20H,1-4,11-12,14-15H2,(H,25,27)(H,26,28).